The maximum atomic E-state index is 12.6. The molecule has 0 saturated carbocycles. The molecular weight excluding hydrogens is 319 g/mol. The second kappa shape index (κ2) is 6.26. The van der Waals surface area contributed by atoms with E-state index in [1.165, 1.54) is 0 Å². The lowest BCUT2D eigenvalue weighted by atomic mass is 10.1. The van der Waals surface area contributed by atoms with Crippen molar-refractivity contribution in [2.24, 2.45) is 0 Å². The molecule has 0 radical (unpaired) electrons. The van der Waals surface area contributed by atoms with Crippen LogP contribution in [0.1, 0.15) is 35.0 Å². The largest absolute Gasteiger partial charge is 0.461 e. The second-order valence-corrected chi connectivity index (χ2v) is 3.95. The first-order valence-corrected chi connectivity index (χ1v) is 6.21. The number of carbonyl (C=O) groups is 1. The standard InChI is InChI=1S/C10H9BrClF2NO2/c1-2-17-10(16)8-7(12)5(3-11)6(4-15-8)9(13)14/h4,9H,2-3H2,1H3. The average molecular weight is 329 g/mol. The van der Waals surface area contributed by atoms with E-state index in [1.807, 2.05) is 0 Å². The Hall–Kier alpha value is -0.750. The highest BCUT2D eigenvalue weighted by Crippen LogP contribution is 2.31. The molecule has 0 amide bonds. The third-order valence-corrected chi connectivity index (χ3v) is 2.96. The van der Waals surface area contributed by atoms with Gasteiger partial charge in [0.1, 0.15) is 0 Å². The fourth-order valence-corrected chi connectivity index (χ4v) is 2.27. The van der Waals surface area contributed by atoms with E-state index in [2.05, 4.69) is 20.9 Å². The molecule has 94 valence electrons. The highest BCUT2D eigenvalue weighted by atomic mass is 79.9. The molecule has 1 heterocycles. The van der Waals surface area contributed by atoms with Crippen molar-refractivity contribution >= 4 is 33.5 Å². The highest BCUT2D eigenvalue weighted by Gasteiger charge is 2.22. The van der Waals surface area contributed by atoms with Crippen LogP contribution in [0, 0.1) is 0 Å². The van der Waals surface area contributed by atoms with Crippen molar-refractivity contribution in [2.75, 3.05) is 6.61 Å². The van der Waals surface area contributed by atoms with Crippen LogP contribution in [-0.4, -0.2) is 17.6 Å². The molecule has 1 rings (SSSR count). The van der Waals surface area contributed by atoms with Crippen molar-refractivity contribution in [3.05, 3.63) is 28.0 Å². The van der Waals surface area contributed by atoms with Crippen molar-refractivity contribution in [3.8, 4) is 0 Å². The topological polar surface area (TPSA) is 39.2 Å². The van der Waals surface area contributed by atoms with Gasteiger partial charge in [-0.25, -0.2) is 18.6 Å². The molecule has 17 heavy (non-hydrogen) atoms. The van der Waals surface area contributed by atoms with Crippen molar-refractivity contribution in [3.63, 3.8) is 0 Å². The van der Waals surface area contributed by atoms with Gasteiger partial charge in [0, 0.05) is 17.1 Å². The molecule has 0 spiro atoms. The number of rotatable bonds is 4. The van der Waals surface area contributed by atoms with Gasteiger partial charge in [-0.1, -0.05) is 27.5 Å². The number of pyridine rings is 1. The van der Waals surface area contributed by atoms with Crippen LogP contribution >= 0.6 is 27.5 Å². The van der Waals surface area contributed by atoms with Crippen LogP contribution in [0.2, 0.25) is 5.02 Å². The monoisotopic (exact) mass is 327 g/mol. The van der Waals surface area contributed by atoms with Crippen LogP contribution in [0.5, 0.6) is 0 Å². The Kier molecular flexibility index (Phi) is 5.27. The smallest absolute Gasteiger partial charge is 0.358 e. The molecule has 0 aromatic carbocycles. The second-order valence-electron chi connectivity index (χ2n) is 3.01. The van der Waals surface area contributed by atoms with E-state index < -0.39 is 12.4 Å². The zero-order chi connectivity index (χ0) is 13.0. The van der Waals surface area contributed by atoms with Crippen LogP contribution in [0.15, 0.2) is 6.20 Å². The summed E-state index contributed by atoms with van der Waals surface area (Å²) in [4.78, 5) is 15.1. The van der Waals surface area contributed by atoms with E-state index in [9.17, 15) is 13.6 Å². The molecule has 0 aliphatic rings. The van der Waals surface area contributed by atoms with Crippen molar-refractivity contribution < 1.29 is 18.3 Å². The van der Waals surface area contributed by atoms with E-state index in [0.717, 1.165) is 6.20 Å². The Labute approximate surface area is 110 Å². The Morgan fingerprint density at radius 3 is 2.76 bits per heavy atom. The zero-order valence-electron chi connectivity index (χ0n) is 8.84. The molecule has 0 aliphatic heterocycles. The summed E-state index contributed by atoms with van der Waals surface area (Å²) >= 11 is 8.91. The summed E-state index contributed by atoms with van der Waals surface area (Å²) in [7, 11) is 0. The molecule has 0 unspecified atom stereocenters. The number of nitrogens with zero attached hydrogens (tertiary/aromatic N) is 1. The van der Waals surface area contributed by atoms with Gasteiger partial charge in [0.05, 0.1) is 11.6 Å². The molecule has 0 saturated heterocycles. The quantitative estimate of drug-likeness (QED) is 0.624. The van der Waals surface area contributed by atoms with Crippen molar-refractivity contribution in [1.29, 1.82) is 0 Å². The minimum absolute atomic E-state index is 0.0990. The lowest BCUT2D eigenvalue weighted by molar-refractivity contribution is 0.0519. The number of carbonyl (C=O) groups excluding carboxylic acids is 1. The number of halogens is 4. The van der Waals surface area contributed by atoms with Gasteiger partial charge in [0.25, 0.3) is 6.43 Å². The van der Waals surface area contributed by atoms with Crippen molar-refractivity contribution in [1.82, 2.24) is 4.98 Å². The molecule has 7 heteroatoms. The number of hydrogen-bond acceptors (Lipinski definition) is 3. The van der Waals surface area contributed by atoms with E-state index in [1.54, 1.807) is 6.92 Å². The first-order valence-electron chi connectivity index (χ1n) is 4.71. The SMILES string of the molecule is CCOC(=O)c1ncc(C(F)F)c(CBr)c1Cl. The molecule has 0 fully saturated rings. The summed E-state index contributed by atoms with van der Waals surface area (Å²) in [6, 6.07) is 0. The number of ether oxygens (including phenoxy) is 1. The van der Waals surface area contributed by atoms with Gasteiger partial charge in [-0.2, -0.15) is 0 Å². The van der Waals surface area contributed by atoms with Crippen LogP contribution < -0.4 is 0 Å². The molecule has 0 aliphatic carbocycles. The zero-order valence-corrected chi connectivity index (χ0v) is 11.2. The fourth-order valence-electron chi connectivity index (χ4n) is 1.20. The van der Waals surface area contributed by atoms with Crippen LogP contribution in [0.25, 0.3) is 0 Å². The summed E-state index contributed by atoms with van der Waals surface area (Å²) in [5.74, 6) is -0.722. The third kappa shape index (κ3) is 3.13. The van der Waals surface area contributed by atoms with Gasteiger partial charge >= 0.3 is 5.97 Å². The lowest BCUT2D eigenvalue weighted by Gasteiger charge is -2.11. The minimum atomic E-state index is -2.69. The average Bonchev–Trinajstić information content (AvgIpc) is 2.28. The molecule has 0 N–H and O–H groups in total. The number of esters is 1. The van der Waals surface area contributed by atoms with E-state index >= 15 is 0 Å². The Bertz CT molecular complexity index is 429. The Balaban J connectivity index is 3.24. The predicted molar refractivity (Wildman–Crippen MR) is 62.8 cm³/mol. The van der Waals surface area contributed by atoms with E-state index in [-0.39, 0.29) is 33.8 Å². The lowest BCUT2D eigenvalue weighted by Crippen LogP contribution is -2.10. The van der Waals surface area contributed by atoms with Gasteiger partial charge < -0.3 is 4.74 Å². The third-order valence-electron chi connectivity index (χ3n) is 1.99. The number of alkyl halides is 3. The van der Waals surface area contributed by atoms with Gasteiger partial charge in [-0.3, -0.25) is 0 Å². The number of hydrogen-bond donors (Lipinski definition) is 0. The van der Waals surface area contributed by atoms with Crippen LogP contribution in [-0.2, 0) is 10.1 Å². The highest BCUT2D eigenvalue weighted by molar-refractivity contribution is 9.08. The summed E-state index contributed by atoms with van der Waals surface area (Å²) < 4.78 is 30.0. The van der Waals surface area contributed by atoms with Gasteiger partial charge in [-0.05, 0) is 12.5 Å². The first-order chi connectivity index (χ1) is 8.02. The summed E-state index contributed by atoms with van der Waals surface area (Å²) in [5, 5.41) is 0.0126. The molecule has 1 aromatic rings. The van der Waals surface area contributed by atoms with Gasteiger partial charge in [-0.15, -0.1) is 0 Å². The maximum absolute atomic E-state index is 12.6. The molecule has 1 aromatic heterocycles. The summed E-state index contributed by atoms with van der Waals surface area (Å²) in [5.41, 5.74) is -0.285. The van der Waals surface area contributed by atoms with Crippen LogP contribution in [0.4, 0.5) is 8.78 Å². The first kappa shape index (κ1) is 14.3. The van der Waals surface area contributed by atoms with E-state index in [0.29, 0.717) is 0 Å². The maximum Gasteiger partial charge on any atom is 0.358 e. The Morgan fingerprint density at radius 2 is 2.29 bits per heavy atom. The molecule has 0 bridgehead atoms. The molecular formula is C10H9BrClF2NO2. The van der Waals surface area contributed by atoms with Crippen LogP contribution in [0.3, 0.4) is 0 Å². The minimum Gasteiger partial charge on any atom is -0.461 e. The van der Waals surface area contributed by atoms with E-state index in [4.69, 9.17) is 16.3 Å². The Morgan fingerprint density at radius 1 is 1.65 bits per heavy atom. The van der Waals surface area contributed by atoms with Crippen molar-refractivity contribution in [2.45, 2.75) is 18.7 Å². The predicted octanol–water partition coefficient (Wildman–Crippen LogP) is 3.74. The molecule has 3 nitrogen and oxygen atoms in total. The fraction of sp³-hybridized carbons (Fsp3) is 0.400. The molecule has 0 atom stereocenters. The normalized spacial score (nSPS) is 10.7. The van der Waals surface area contributed by atoms with Gasteiger partial charge in [0.15, 0.2) is 5.69 Å². The summed E-state index contributed by atoms with van der Waals surface area (Å²) in [6.07, 6.45) is -1.75. The summed E-state index contributed by atoms with van der Waals surface area (Å²) in [6.45, 7) is 1.79. The number of aromatic nitrogens is 1. The van der Waals surface area contributed by atoms with Gasteiger partial charge in [0.2, 0.25) is 0 Å².